The van der Waals surface area contributed by atoms with Gasteiger partial charge in [0, 0.05) is 58.7 Å². The minimum absolute atomic E-state index is 0.0223. The van der Waals surface area contributed by atoms with E-state index >= 15 is 0 Å². The molecular weight excluding hydrogens is 680 g/mol. The number of ether oxygens (including phenoxy) is 3. The fourth-order valence-corrected chi connectivity index (χ4v) is 6.22. The maximum absolute atomic E-state index is 14.2. The first-order valence-electron chi connectivity index (χ1n) is 15.5. The van der Waals surface area contributed by atoms with Crippen molar-refractivity contribution in [3.63, 3.8) is 0 Å². The third-order valence-electron chi connectivity index (χ3n) is 7.16. The van der Waals surface area contributed by atoms with E-state index in [0.717, 1.165) is 5.56 Å². The molecule has 3 aromatic rings. The highest BCUT2D eigenvalue weighted by atomic mass is 35.5. The van der Waals surface area contributed by atoms with Gasteiger partial charge in [0.25, 0.3) is 5.91 Å². The first kappa shape index (κ1) is 37.5. The molecule has 0 fully saturated rings. The third kappa shape index (κ3) is 10.6. The molecule has 2 atom stereocenters. The van der Waals surface area contributed by atoms with Gasteiger partial charge in [0.2, 0.25) is 5.90 Å². The van der Waals surface area contributed by atoms with Crippen molar-refractivity contribution in [2.24, 2.45) is 4.99 Å². The van der Waals surface area contributed by atoms with Gasteiger partial charge in [0.15, 0.2) is 11.6 Å². The molecule has 0 aromatic heterocycles. The molecule has 1 amide bonds. The standard InChI is InChI=1S/C35H40Cl2FN3O6S/c1-34(2,3)47-30(43)15-16-35(33(44)41-39-17-20-48-22-23-5-10-26(38)11-6-23)31(28-14-9-25(36)21-29(28)37)46-32(40-35)24-7-12-27(13-8-24)45-19-4-18-42/h5-14,21,31,39,42H,4,15-20,22H2,1-3H3,(H,41,44)/t31-,35-/m0/s1. The summed E-state index contributed by atoms with van der Waals surface area (Å²) in [6.07, 6.45) is -0.700. The highest BCUT2D eigenvalue weighted by molar-refractivity contribution is 7.98. The summed E-state index contributed by atoms with van der Waals surface area (Å²) in [5, 5.41) is 9.73. The van der Waals surface area contributed by atoms with Gasteiger partial charge >= 0.3 is 5.97 Å². The van der Waals surface area contributed by atoms with E-state index < -0.39 is 29.1 Å². The first-order chi connectivity index (χ1) is 22.9. The summed E-state index contributed by atoms with van der Waals surface area (Å²) in [5.41, 5.74) is 5.45. The van der Waals surface area contributed by atoms with Crippen molar-refractivity contribution in [3.05, 3.63) is 99.3 Å². The number of aliphatic hydroxyl groups is 1. The summed E-state index contributed by atoms with van der Waals surface area (Å²) in [5.74, 6) is 0.805. The smallest absolute Gasteiger partial charge is 0.306 e. The Bertz CT molecular complexity index is 1570. The molecule has 4 rings (SSSR count). The molecule has 0 saturated heterocycles. The molecule has 0 spiro atoms. The molecule has 1 aliphatic rings. The molecule has 0 radical (unpaired) electrons. The van der Waals surface area contributed by atoms with E-state index in [1.54, 1.807) is 87.1 Å². The molecule has 3 aromatic carbocycles. The van der Waals surface area contributed by atoms with Crippen LogP contribution in [0.4, 0.5) is 4.39 Å². The molecule has 0 bridgehead atoms. The van der Waals surface area contributed by atoms with E-state index in [0.29, 0.717) is 53.0 Å². The lowest BCUT2D eigenvalue weighted by Crippen LogP contribution is -2.53. The van der Waals surface area contributed by atoms with Gasteiger partial charge in [-0.15, -0.1) is 0 Å². The highest BCUT2D eigenvalue weighted by Crippen LogP contribution is 2.45. The van der Waals surface area contributed by atoms with E-state index in [9.17, 15) is 14.0 Å². The molecular formula is C35H40Cl2FN3O6S. The van der Waals surface area contributed by atoms with E-state index in [4.69, 9.17) is 47.5 Å². The lowest BCUT2D eigenvalue weighted by Gasteiger charge is -2.31. The van der Waals surface area contributed by atoms with Gasteiger partial charge in [-0.1, -0.05) is 41.4 Å². The van der Waals surface area contributed by atoms with Crippen LogP contribution in [0.1, 0.15) is 62.8 Å². The number of halogens is 3. The summed E-state index contributed by atoms with van der Waals surface area (Å²) in [6, 6.07) is 18.2. The van der Waals surface area contributed by atoms with Crippen LogP contribution in [0.15, 0.2) is 71.7 Å². The molecule has 9 nitrogen and oxygen atoms in total. The summed E-state index contributed by atoms with van der Waals surface area (Å²) < 4.78 is 30.9. The minimum atomic E-state index is -1.63. The second-order valence-corrected chi connectivity index (χ2v) is 14.1. The molecule has 3 N–H and O–H groups in total. The van der Waals surface area contributed by atoms with Crippen molar-refractivity contribution in [1.82, 2.24) is 10.9 Å². The number of carbonyl (C=O) groups is 2. The number of hydrazine groups is 1. The topological polar surface area (TPSA) is 118 Å². The Hall–Kier alpha value is -3.35. The number of esters is 1. The Morgan fingerprint density at radius 3 is 2.48 bits per heavy atom. The Morgan fingerprint density at radius 1 is 1.08 bits per heavy atom. The van der Waals surface area contributed by atoms with E-state index in [2.05, 4.69) is 10.9 Å². The quantitative estimate of drug-likeness (QED) is 0.0838. The molecule has 13 heteroatoms. The summed E-state index contributed by atoms with van der Waals surface area (Å²) in [7, 11) is 0. The summed E-state index contributed by atoms with van der Waals surface area (Å²) in [6.45, 7) is 6.11. The SMILES string of the molecule is CC(C)(C)OC(=O)CC[C@]1(C(=O)NNCCSCc2ccc(F)cc2)N=C(c2ccc(OCCCO)cc2)O[C@H]1c1ccc(Cl)cc1Cl. The number of rotatable bonds is 16. The van der Waals surface area contributed by atoms with Crippen LogP contribution in [-0.2, 0) is 24.8 Å². The van der Waals surface area contributed by atoms with Crippen LogP contribution in [-0.4, -0.2) is 59.5 Å². The summed E-state index contributed by atoms with van der Waals surface area (Å²) >= 11 is 14.5. The minimum Gasteiger partial charge on any atom is -0.494 e. The predicted octanol–water partition coefficient (Wildman–Crippen LogP) is 6.83. The van der Waals surface area contributed by atoms with Crippen LogP contribution in [0.2, 0.25) is 10.0 Å². The number of carbonyl (C=O) groups excluding carboxylic acids is 2. The zero-order valence-corrected chi connectivity index (χ0v) is 29.4. The monoisotopic (exact) mass is 719 g/mol. The van der Waals surface area contributed by atoms with Gasteiger partial charge in [0.1, 0.15) is 17.2 Å². The largest absolute Gasteiger partial charge is 0.494 e. The van der Waals surface area contributed by atoms with Crippen molar-refractivity contribution in [2.75, 3.05) is 25.5 Å². The van der Waals surface area contributed by atoms with E-state index in [1.165, 1.54) is 12.1 Å². The van der Waals surface area contributed by atoms with Gasteiger partial charge in [-0.3, -0.25) is 15.0 Å². The fourth-order valence-electron chi connectivity index (χ4n) is 4.89. The maximum Gasteiger partial charge on any atom is 0.306 e. The zero-order chi connectivity index (χ0) is 34.7. The highest BCUT2D eigenvalue weighted by Gasteiger charge is 2.54. The second-order valence-electron chi connectivity index (χ2n) is 12.1. The second kappa shape index (κ2) is 17.3. The average Bonchev–Trinajstić information content (AvgIpc) is 3.42. The van der Waals surface area contributed by atoms with Crippen molar-refractivity contribution >= 4 is 52.7 Å². The van der Waals surface area contributed by atoms with Crippen molar-refractivity contribution in [3.8, 4) is 5.75 Å². The van der Waals surface area contributed by atoms with Crippen molar-refractivity contribution in [1.29, 1.82) is 0 Å². The van der Waals surface area contributed by atoms with Crippen LogP contribution in [0.25, 0.3) is 0 Å². The normalized spacial score (nSPS) is 17.4. The zero-order valence-electron chi connectivity index (χ0n) is 27.1. The number of amides is 1. The number of aliphatic imine (C=N–C) groups is 1. The fraction of sp³-hybridized carbons (Fsp3) is 0.400. The Balaban J connectivity index is 1.59. The van der Waals surface area contributed by atoms with Crippen LogP contribution < -0.4 is 15.6 Å². The molecule has 0 saturated carbocycles. The lowest BCUT2D eigenvalue weighted by atomic mass is 9.83. The number of benzene rings is 3. The predicted molar refractivity (Wildman–Crippen MR) is 187 cm³/mol. The number of hydrogen-bond acceptors (Lipinski definition) is 9. The van der Waals surface area contributed by atoms with Crippen LogP contribution >= 0.6 is 35.0 Å². The average molecular weight is 721 g/mol. The van der Waals surface area contributed by atoms with Gasteiger partial charge in [-0.05, 0) is 81.3 Å². The Kier molecular flexibility index (Phi) is 13.5. The summed E-state index contributed by atoms with van der Waals surface area (Å²) in [4.78, 5) is 32.1. The maximum atomic E-state index is 14.2. The molecule has 48 heavy (non-hydrogen) atoms. The lowest BCUT2D eigenvalue weighted by molar-refractivity contribution is -0.155. The van der Waals surface area contributed by atoms with Crippen molar-refractivity contribution in [2.45, 2.75) is 63.0 Å². The van der Waals surface area contributed by atoms with Gasteiger partial charge in [-0.25, -0.2) is 14.8 Å². The Morgan fingerprint density at radius 2 is 1.81 bits per heavy atom. The number of hydrogen-bond donors (Lipinski definition) is 3. The third-order valence-corrected chi connectivity index (χ3v) is 8.75. The van der Waals surface area contributed by atoms with Crippen LogP contribution in [0.3, 0.4) is 0 Å². The van der Waals surface area contributed by atoms with Crippen LogP contribution in [0.5, 0.6) is 5.75 Å². The van der Waals surface area contributed by atoms with E-state index in [1.807, 2.05) is 0 Å². The number of aliphatic hydroxyl groups excluding tert-OH is 1. The van der Waals surface area contributed by atoms with Gasteiger partial charge in [0.05, 0.1) is 6.61 Å². The first-order valence-corrected chi connectivity index (χ1v) is 17.4. The van der Waals surface area contributed by atoms with Crippen LogP contribution in [0, 0.1) is 5.82 Å². The van der Waals surface area contributed by atoms with Gasteiger partial charge < -0.3 is 19.3 Å². The molecule has 1 aliphatic heterocycles. The number of nitrogens with zero attached hydrogens (tertiary/aromatic N) is 1. The van der Waals surface area contributed by atoms with E-state index in [-0.39, 0.29) is 36.2 Å². The molecule has 258 valence electrons. The van der Waals surface area contributed by atoms with Crippen molar-refractivity contribution < 1.29 is 33.3 Å². The molecule has 0 aliphatic carbocycles. The molecule has 1 heterocycles. The Labute approximate surface area is 294 Å². The molecule has 0 unspecified atom stereocenters. The van der Waals surface area contributed by atoms with Gasteiger partial charge in [-0.2, -0.15) is 11.8 Å². The number of thioether (sulfide) groups is 1. The number of nitrogens with one attached hydrogen (secondary N) is 2.